The number of benzene rings is 2. The number of ether oxygens (including phenoxy) is 1. The summed E-state index contributed by atoms with van der Waals surface area (Å²) in [6.45, 7) is 1.43. The largest absolute Gasteiger partial charge is 0.478 e. The summed E-state index contributed by atoms with van der Waals surface area (Å²) in [5, 5.41) is 25.0. The van der Waals surface area contributed by atoms with Crippen LogP contribution in [0.5, 0.6) is 0 Å². The van der Waals surface area contributed by atoms with Gasteiger partial charge >= 0.3 is 11.9 Å². The van der Waals surface area contributed by atoms with Crippen molar-refractivity contribution in [1.82, 2.24) is 0 Å². The van der Waals surface area contributed by atoms with Crippen LogP contribution in [0.1, 0.15) is 38.8 Å². The van der Waals surface area contributed by atoms with Crippen LogP contribution in [0, 0.1) is 57.6 Å². The van der Waals surface area contributed by atoms with Gasteiger partial charge in [0.05, 0.1) is 17.7 Å². The zero-order valence-corrected chi connectivity index (χ0v) is 14.7. The van der Waals surface area contributed by atoms with Crippen molar-refractivity contribution in [3.63, 3.8) is 0 Å². The Labute approximate surface area is 164 Å². The first-order valence-electron chi connectivity index (χ1n) is 7.57. The van der Waals surface area contributed by atoms with Crippen molar-refractivity contribution in [3.8, 4) is 12.1 Å². The standard InChI is InChI=1S/C10H6F3NO2.C8H2F3NO2/c1-2-16-10(15)5-3-7(11)9(13)6(4-14)8(5)12;9-5-1-3(8(13)14)6(10)4(2-12)7(5)11/h3H,2H2,1H3;1H,(H,13,14). The Morgan fingerprint density at radius 3 is 1.63 bits per heavy atom. The Morgan fingerprint density at radius 2 is 1.27 bits per heavy atom. The van der Waals surface area contributed by atoms with Crippen molar-refractivity contribution in [2.75, 3.05) is 6.61 Å². The number of nitriles is 2. The second-order valence-corrected chi connectivity index (χ2v) is 5.07. The molecule has 0 heterocycles. The van der Waals surface area contributed by atoms with Gasteiger partial charge in [0, 0.05) is 0 Å². The summed E-state index contributed by atoms with van der Waals surface area (Å²) in [4.78, 5) is 21.5. The summed E-state index contributed by atoms with van der Waals surface area (Å²) in [6.07, 6.45) is 0. The lowest BCUT2D eigenvalue weighted by atomic mass is 10.1. The van der Waals surface area contributed by atoms with Gasteiger partial charge in [0.1, 0.15) is 23.3 Å². The third-order valence-corrected chi connectivity index (χ3v) is 3.26. The molecule has 0 saturated heterocycles. The van der Waals surface area contributed by atoms with Crippen molar-refractivity contribution in [2.24, 2.45) is 0 Å². The Kier molecular flexibility index (Phi) is 7.94. The summed E-state index contributed by atoms with van der Waals surface area (Å²) < 4.78 is 81.8. The van der Waals surface area contributed by atoms with Gasteiger partial charge in [0.15, 0.2) is 34.9 Å². The predicted octanol–water partition coefficient (Wildman–Crippen LogP) is 3.83. The zero-order chi connectivity index (χ0) is 23.2. The Hall–Kier alpha value is -4.06. The fourth-order valence-electron chi connectivity index (χ4n) is 1.92. The van der Waals surface area contributed by atoms with Crippen LogP contribution in [-0.4, -0.2) is 23.7 Å². The molecule has 0 saturated carbocycles. The summed E-state index contributed by atoms with van der Waals surface area (Å²) in [5.74, 6) is -12.2. The van der Waals surface area contributed by atoms with Crippen molar-refractivity contribution in [1.29, 1.82) is 10.5 Å². The van der Waals surface area contributed by atoms with Crippen LogP contribution in [0.4, 0.5) is 26.3 Å². The van der Waals surface area contributed by atoms with Crippen LogP contribution in [0.3, 0.4) is 0 Å². The second kappa shape index (κ2) is 9.93. The van der Waals surface area contributed by atoms with E-state index in [2.05, 4.69) is 4.74 Å². The Morgan fingerprint density at radius 1 is 0.867 bits per heavy atom. The summed E-state index contributed by atoms with van der Waals surface area (Å²) in [5.41, 5.74) is -4.23. The fourth-order valence-corrected chi connectivity index (χ4v) is 1.92. The number of carbonyl (C=O) groups is 2. The van der Waals surface area contributed by atoms with Crippen LogP contribution in [0.25, 0.3) is 0 Å². The van der Waals surface area contributed by atoms with Gasteiger partial charge in [-0.05, 0) is 19.1 Å². The SMILES string of the molecule is CCOC(=O)c1cc(F)c(F)c(C#N)c1F.N#Cc1c(F)c(F)cc(C(=O)O)c1F. The van der Waals surface area contributed by atoms with E-state index >= 15 is 0 Å². The molecule has 0 aliphatic carbocycles. The number of hydrogen-bond acceptors (Lipinski definition) is 5. The van der Waals surface area contributed by atoms with Gasteiger partial charge in [0.2, 0.25) is 0 Å². The molecule has 12 heteroatoms. The molecular formula is C18H8F6N2O4. The monoisotopic (exact) mass is 430 g/mol. The molecule has 0 aromatic heterocycles. The van der Waals surface area contributed by atoms with Gasteiger partial charge in [-0.15, -0.1) is 0 Å². The van der Waals surface area contributed by atoms with E-state index in [4.69, 9.17) is 15.6 Å². The first-order chi connectivity index (χ1) is 14.0. The Balaban J connectivity index is 0.000000303. The van der Waals surface area contributed by atoms with E-state index in [9.17, 15) is 35.9 Å². The molecule has 0 aliphatic heterocycles. The van der Waals surface area contributed by atoms with Gasteiger partial charge in [-0.25, -0.2) is 35.9 Å². The molecule has 1 N–H and O–H groups in total. The van der Waals surface area contributed by atoms with Crippen LogP contribution < -0.4 is 0 Å². The molecule has 0 amide bonds. The second-order valence-electron chi connectivity index (χ2n) is 5.07. The van der Waals surface area contributed by atoms with Crippen LogP contribution in [0.15, 0.2) is 12.1 Å². The molecule has 0 radical (unpaired) electrons. The van der Waals surface area contributed by atoms with E-state index in [0.29, 0.717) is 6.07 Å². The van der Waals surface area contributed by atoms with Crippen molar-refractivity contribution >= 4 is 11.9 Å². The van der Waals surface area contributed by atoms with E-state index in [1.165, 1.54) is 6.92 Å². The Bertz CT molecular complexity index is 1110. The molecule has 30 heavy (non-hydrogen) atoms. The molecule has 0 bridgehead atoms. The molecule has 6 nitrogen and oxygen atoms in total. The average molecular weight is 430 g/mol. The van der Waals surface area contributed by atoms with Gasteiger partial charge in [-0.2, -0.15) is 10.5 Å². The molecule has 2 rings (SSSR count). The highest BCUT2D eigenvalue weighted by molar-refractivity contribution is 5.90. The smallest absolute Gasteiger partial charge is 0.341 e. The number of esters is 1. The van der Waals surface area contributed by atoms with E-state index in [-0.39, 0.29) is 12.7 Å². The van der Waals surface area contributed by atoms with Crippen molar-refractivity contribution in [2.45, 2.75) is 6.92 Å². The number of aromatic carboxylic acids is 1. The lowest BCUT2D eigenvalue weighted by Crippen LogP contribution is -2.10. The molecule has 2 aromatic carbocycles. The first-order valence-corrected chi connectivity index (χ1v) is 7.57. The molecule has 0 aliphatic rings. The fraction of sp³-hybridized carbons (Fsp3) is 0.111. The lowest BCUT2D eigenvalue weighted by Gasteiger charge is -2.05. The number of carboxylic acids is 1. The van der Waals surface area contributed by atoms with E-state index < -0.39 is 69.1 Å². The number of carboxylic acid groups (broad SMARTS) is 1. The molecule has 2 aromatic rings. The molecule has 0 atom stereocenters. The highest BCUT2D eigenvalue weighted by Gasteiger charge is 2.23. The molecule has 0 unspecified atom stereocenters. The zero-order valence-electron chi connectivity index (χ0n) is 14.7. The highest BCUT2D eigenvalue weighted by atomic mass is 19.2. The minimum Gasteiger partial charge on any atom is -0.478 e. The van der Waals surface area contributed by atoms with E-state index in [1.807, 2.05) is 0 Å². The molecule has 156 valence electrons. The van der Waals surface area contributed by atoms with Crippen LogP contribution in [0.2, 0.25) is 0 Å². The molecule has 0 spiro atoms. The first kappa shape index (κ1) is 24.0. The third-order valence-electron chi connectivity index (χ3n) is 3.26. The number of carbonyl (C=O) groups excluding carboxylic acids is 1. The highest BCUT2D eigenvalue weighted by Crippen LogP contribution is 2.20. The number of nitrogens with zero attached hydrogens (tertiary/aromatic N) is 2. The minimum atomic E-state index is -1.77. The van der Waals surface area contributed by atoms with E-state index in [0.717, 1.165) is 12.1 Å². The maximum absolute atomic E-state index is 13.4. The molecular weight excluding hydrogens is 422 g/mol. The van der Waals surface area contributed by atoms with Crippen LogP contribution >= 0.6 is 0 Å². The van der Waals surface area contributed by atoms with Gasteiger partial charge in [0.25, 0.3) is 0 Å². The maximum atomic E-state index is 13.4. The number of hydrogen-bond donors (Lipinski definition) is 1. The summed E-state index contributed by atoms with van der Waals surface area (Å²) in [6, 6.07) is 2.74. The number of halogens is 6. The maximum Gasteiger partial charge on any atom is 0.341 e. The van der Waals surface area contributed by atoms with Crippen LogP contribution in [-0.2, 0) is 4.74 Å². The van der Waals surface area contributed by atoms with Gasteiger partial charge in [-0.1, -0.05) is 0 Å². The summed E-state index contributed by atoms with van der Waals surface area (Å²) in [7, 11) is 0. The average Bonchev–Trinajstić information content (AvgIpc) is 2.69. The lowest BCUT2D eigenvalue weighted by molar-refractivity contribution is 0.0519. The van der Waals surface area contributed by atoms with Crippen molar-refractivity contribution < 1.29 is 45.8 Å². The normalized spacial score (nSPS) is 9.63. The quantitative estimate of drug-likeness (QED) is 0.450. The predicted molar refractivity (Wildman–Crippen MR) is 85.0 cm³/mol. The third kappa shape index (κ3) is 4.86. The van der Waals surface area contributed by atoms with E-state index in [1.54, 1.807) is 0 Å². The summed E-state index contributed by atoms with van der Waals surface area (Å²) >= 11 is 0. The minimum absolute atomic E-state index is 0.0425. The number of rotatable bonds is 3. The molecule has 0 fully saturated rings. The van der Waals surface area contributed by atoms with Crippen molar-refractivity contribution in [3.05, 3.63) is 69.3 Å². The topological polar surface area (TPSA) is 111 Å². The van der Waals surface area contributed by atoms with Gasteiger partial charge < -0.3 is 9.84 Å². The van der Waals surface area contributed by atoms with Gasteiger partial charge in [-0.3, -0.25) is 0 Å².